The van der Waals surface area contributed by atoms with Crippen LogP contribution in [0.15, 0.2) is 0 Å². The molecule has 1 aliphatic heterocycles. The van der Waals surface area contributed by atoms with Crippen molar-refractivity contribution in [1.29, 1.82) is 0 Å². The molecule has 0 aromatic rings. The standard InChI is InChI=1S/C20H33N7O8/c1-10(18(33)23-9-16(30)31)25-19(34)12(3)24-14(28)8-22-17(32)11(2)26-20(35)13-5-4-6-27(13)15(29)7-21/h10-13H,4-9,21H2,1-3H3,(H,22,32)(H,23,33)(H,24,28)(H,25,34)(H,26,35)(H,30,31)/t10-,11-,12-,13-/m0/s1. The number of hydrogen-bond donors (Lipinski definition) is 7. The maximum absolute atomic E-state index is 12.5. The minimum atomic E-state index is -1.24. The van der Waals surface area contributed by atoms with Gasteiger partial charge in [0.2, 0.25) is 35.4 Å². The highest BCUT2D eigenvalue weighted by Gasteiger charge is 2.34. The van der Waals surface area contributed by atoms with Crippen LogP contribution >= 0.6 is 0 Å². The third-order valence-electron chi connectivity index (χ3n) is 5.16. The number of carboxylic acids is 1. The highest BCUT2D eigenvalue weighted by Crippen LogP contribution is 2.17. The van der Waals surface area contributed by atoms with Crippen molar-refractivity contribution in [2.75, 3.05) is 26.2 Å². The number of nitrogens with one attached hydrogen (secondary N) is 5. The largest absolute Gasteiger partial charge is 0.480 e. The lowest BCUT2D eigenvalue weighted by atomic mass is 10.2. The average Bonchev–Trinajstić information content (AvgIpc) is 3.30. The van der Waals surface area contributed by atoms with Gasteiger partial charge in [0.25, 0.3) is 0 Å². The first-order valence-corrected chi connectivity index (χ1v) is 11.0. The number of carbonyl (C=O) groups is 7. The second-order valence-electron chi connectivity index (χ2n) is 8.03. The molecule has 196 valence electrons. The lowest BCUT2D eigenvalue weighted by molar-refractivity contribution is -0.138. The van der Waals surface area contributed by atoms with Crippen LogP contribution in [-0.2, 0) is 33.6 Å². The van der Waals surface area contributed by atoms with Crippen molar-refractivity contribution in [3.05, 3.63) is 0 Å². The van der Waals surface area contributed by atoms with Gasteiger partial charge in [0, 0.05) is 6.54 Å². The number of carbonyl (C=O) groups excluding carboxylic acids is 6. The minimum Gasteiger partial charge on any atom is -0.480 e. The molecule has 0 saturated carbocycles. The second-order valence-corrected chi connectivity index (χ2v) is 8.03. The molecular weight excluding hydrogens is 466 g/mol. The zero-order valence-corrected chi connectivity index (χ0v) is 19.9. The van der Waals surface area contributed by atoms with Gasteiger partial charge >= 0.3 is 5.97 Å². The van der Waals surface area contributed by atoms with E-state index in [4.69, 9.17) is 10.8 Å². The van der Waals surface area contributed by atoms with Crippen LogP contribution in [0.4, 0.5) is 0 Å². The Morgan fingerprint density at radius 2 is 1.40 bits per heavy atom. The maximum Gasteiger partial charge on any atom is 0.322 e. The fourth-order valence-electron chi connectivity index (χ4n) is 3.23. The van der Waals surface area contributed by atoms with Crippen LogP contribution in [-0.4, -0.2) is 102 Å². The molecule has 1 rings (SSSR count). The number of likely N-dealkylation sites (tertiary alicyclic amines) is 1. The summed E-state index contributed by atoms with van der Waals surface area (Å²) in [6.45, 7) is 3.23. The summed E-state index contributed by atoms with van der Waals surface area (Å²) in [4.78, 5) is 84.3. The van der Waals surface area contributed by atoms with Gasteiger partial charge in [0.15, 0.2) is 0 Å². The van der Waals surface area contributed by atoms with Gasteiger partial charge in [0.1, 0.15) is 30.7 Å². The summed E-state index contributed by atoms with van der Waals surface area (Å²) in [5, 5.41) is 20.2. The van der Waals surface area contributed by atoms with E-state index < -0.39 is 72.8 Å². The highest BCUT2D eigenvalue weighted by atomic mass is 16.4. The van der Waals surface area contributed by atoms with Crippen molar-refractivity contribution in [1.82, 2.24) is 31.5 Å². The topological polar surface area (TPSA) is 229 Å². The van der Waals surface area contributed by atoms with E-state index in [0.29, 0.717) is 19.4 Å². The van der Waals surface area contributed by atoms with Gasteiger partial charge in [-0.1, -0.05) is 0 Å². The van der Waals surface area contributed by atoms with Crippen LogP contribution < -0.4 is 32.3 Å². The Balaban J connectivity index is 2.43. The summed E-state index contributed by atoms with van der Waals surface area (Å²) in [6.07, 6.45) is 1.09. The zero-order chi connectivity index (χ0) is 26.7. The molecular formula is C20H33N7O8. The van der Waals surface area contributed by atoms with Crippen LogP contribution in [0, 0.1) is 0 Å². The van der Waals surface area contributed by atoms with Gasteiger partial charge in [-0.2, -0.15) is 0 Å². The first kappa shape index (κ1) is 29.3. The first-order chi connectivity index (χ1) is 16.4. The molecule has 0 bridgehead atoms. The van der Waals surface area contributed by atoms with Crippen molar-refractivity contribution in [2.45, 2.75) is 57.8 Å². The molecule has 0 unspecified atom stereocenters. The predicted molar refractivity (Wildman–Crippen MR) is 120 cm³/mol. The van der Waals surface area contributed by atoms with Gasteiger partial charge in [-0.25, -0.2) is 0 Å². The Labute approximate surface area is 201 Å². The fourth-order valence-corrected chi connectivity index (χ4v) is 3.23. The van der Waals surface area contributed by atoms with Gasteiger partial charge in [-0.3, -0.25) is 33.6 Å². The summed E-state index contributed by atoms with van der Waals surface area (Å²) in [6, 6.07) is -3.80. The zero-order valence-electron chi connectivity index (χ0n) is 19.9. The summed E-state index contributed by atoms with van der Waals surface area (Å²) in [5.41, 5.74) is 5.36. The fraction of sp³-hybridized carbons (Fsp3) is 0.650. The summed E-state index contributed by atoms with van der Waals surface area (Å²) in [5.74, 6) is -4.85. The smallest absolute Gasteiger partial charge is 0.322 e. The highest BCUT2D eigenvalue weighted by molar-refractivity contribution is 5.95. The SMILES string of the molecule is C[C@H](NC(=O)CNC(=O)[C@H](C)NC(=O)[C@@H]1CCCN1C(=O)CN)C(=O)N[C@@H](C)C(=O)NCC(=O)O. The van der Waals surface area contributed by atoms with E-state index in [1.807, 2.05) is 0 Å². The van der Waals surface area contributed by atoms with Gasteiger partial charge in [-0.05, 0) is 33.6 Å². The van der Waals surface area contributed by atoms with Crippen molar-refractivity contribution in [3.8, 4) is 0 Å². The van der Waals surface area contributed by atoms with Crippen molar-refractivity contribution in [2.24, 2.45) is 5.73 Å². The number of nitrogens with zero attached hydrogens (tertiary/aromatic N) is 1. The molecule has 35 heavy (non-hydrogen) atoms. The first-order valence-electron chi connectivity index (χ1n) is 11.0. The maximum atomic E-state index is 12.5. The molecule has 8 N–H and O–H groups in total. The van der Waals surface area contributed by atoms with Gasteiger partial charge in [0.05, 0.1) is 13.1 Å². The molecule has 0 aliphatic carbocycles. The van der Waals surface area contributed by atoms with Crippen molar-refractivity contribution < 1.29 is 38.7 Å². The molecule has 6 amide bonds. The average molecular weight is 500 g/mol. The monoisotopic (exact) mass is 499 g/mol. The van der Waals surface area contributed by atoms with Crippen LogP contribution in [0.3, 0.4) is 0 Å². The Morgan fingerprint density at radius 1 is 0.857 bits per heavy atom. The van der Waals surface area contributed by atoms with Crippen molar-refractivity contribution in [3.63, 3.8) is 0 Å². The molecule has 0 aromatic carbocycles. The van der Waals surface area contributed by atoms with Gasteiger partial charge in [-0.15, -0.1) is 0 Å². The van der Waals surface area contributed by atoms with Crippen LogP contribution in [0.1, 0.15) is 33.6 Å². The van der Waals surface area contributed by atoms with E-state index in [1.54, 1.807) is 0 Å². The van der Waals surface area contributed by atoms with E-state index >= 15 is 0 Å². The lowest BCUT2D eigenvalue weighted by Gasteiger charge is -2.25. The lowest BCUT2D eigenvalue weighted by Crippen LogP contribution is -2.55. The number of nitrogens with two attached hydrogens (primary N) is 1. The number of hydrogen-bond acceptors (Lipinski definition) is 8. The molecule has 1 heterocycles. The third-order valence-corrected chi connectivity index (χ3v) is 5.16. The molecule has 4 atom stereocenters. The Bertz CT molecular complexity index is 849. The molecule has 15 heteroatoms. The molecule has 0 spiro atoms. The van der Waals surface area contributed by atoms with E-state index in [-0.39, 0.29) is 12.5 Å². The second kappa shape index (κ2) is 13.8. The summed E-state index contributed by atoms with van der Waals surface area (Å²) in [7, 11) is 0. The van der Waals surface area contributed by atoms with Crippen LogP contribution in [0.25, 0.3) is 0 Å². The van der Waals surface area contributed by atoms with Crippen molar-refractivity contribution >= 4 is 41.4 Å². The quantitative estimate of drug-likeness (QED) is 0.138. The Hall–Kier alpha value is -3.75. The number of rotatable bonds is 12. The third kappa shape index (κ3) is 9.56. The van der Waals surface area contributed by atoms with Gasteiger partial charge < -0.3 is 42.3 Å². The van der Waals surface area contributed by atoms with E-state index in [1.165, 1.54) is 25.7 Å². The summed E-state index contributed by atoms with van der Waals surface area (Å²) >= 11 is 0. The molecule has 1 aliphatic rings. The predicted octanol–water partition coefficient (Wildman–Crippen LogP) is -4.23. The van der Waals surface area contributed by atoms with Crippen LogP contribution in [0.5, 0.6) is 0 Å². The number of amides is 6. The van der Waals surface area contributed by atoms with E-state index in [2.05, 4.69) is 26.6 Å². The molecule has 0 radical (unpaired) electrons. The minimum absolute atomic E-state index is 0.220. The van der Waals surface area contributed by atoms with E-state index in [9.17, 15) is 33.6 Å². The van der Waals surface area contributed by atoms with E-state index in [0.717, 1.165) is 0 Å². The Morgan fingerprint density at radius 3 is 1.97 bits per heavy atom. The summed E-state index contributed by atoms with van der Waals surface area (Å²) < 4.78 is 0. The number of aliphatic carboxylic acids is 1. The number of carboxylic acid groups (broad SMARTS) is 1. The van der Waals surface area contributed by atoms with Crippen LogP contribution in [0.2, 0.25) is 0 Å². The molecule has 15 nitrogen and oxygen atoms in total. The molecule has 1 fully saturated rings. The normalized spacial score (nSPS) is 17.4. The Kier molecular flexibility index (Phi) is 11.6. The molecule has 1 saturated heterocycles. The molecule has 0 aromatic heterocycles.